The van der Waals surface area contributed by atoms with E-state index in [0.29, 0.717) is 18.3 Å². The predicted molar refractivity (Wildman–Crippen MR) is 85.8 cm³/mol. The smallest absolute Gasteiger partial charge is 0.320 e. The fraction of sp³-hybridized carbons (Fsp3) is 0.312. The third-order valence-corrected chi connectivity index (χ3v) is 3.77. The fourth-order valence-electron chi connectivity index (χ4n) is 2.64. The van der Waals surface area contributed by atoms with Crippen molar-refractivity contribution in [2.75, 3.05) is 29.9 Å². The molecule has 1 atom stereocenters. The van der Waals surface area contributed by atoms with Gasteiger partial charge in [0.05, 0.1) is 0 Å². The first-order chi connectivity index (χ1) is 10.8. The lowest BCUT2D eigenvalue weighted by Crippen LogP contribution is -2.34. The van der Waals surface area contributed by atoms with Gasteiger partial charge in [0.25, 0.3) is 0 Å². The highest BCUT2D eigenvalue weighted by Gasteiger charge is 2.22. The lowest BCUT2D eigenvalue weighted by Gasteiger charge is -2.18. The molecule has 1 fully saturated rings. The molecule has 1 aromatic carbocycles. The van der Waals surface area contributed by atoms with Gasteiger partial charge in [0.1, 0.15) is 0 Å². The Bertz CT molecular complexity index is 604. The number of carbonyl (C=O) groups excluding carboxylic acids is 1. The number of anilines is 2. The molecule has 0 aliphatic carbocycles. The summed E-state index contributed by atoms with van der Waals surface area (Å²) in [6.45, 7) is 2.66. The normalized spacial score (nSPS) is 17.3. The fourth-order valence-corrected chi connectivity index (χ4v) is 2.64. The SMILES string of the molecule is O=C(NC[C@@H]1CCN(c2ccccc2)C1)Nc1cccnn1. The number of hydrogen-bond donors (Lipinski definition) is 2. The molecular formula is C16H19N5O. The molecule has 114 valence electrons. The first kappa shape index (κ1) is 14.3. The monoisotopic (exact) mass is 297 g/mol. The van der Waals surface area contributed by atoms with E-state index in [1.165, 1.54) is 5.69 Å². The van der Waals surface area contributed by atoms with Crippen LogP contribution in [0.25, 0.3) is 0 Å². The molecule has 2 heterocycles. The van der Waals surface area contributed by atoms with E-state index in [9.17, 15) is 4.79 Å². The van der Waals surface area contributed by atoms with Crippen LogP contribution in [0.15, 0.2) is 48.7 Å². The second-order valence-electron chi connectivity index (χ2n) is 5.38. The zero-order valence-electron chi connectivity index (χ0n) is 12.3. The van der Waals surface area contributed by atoms with Crippen LogP contribution < -0.4 is 15.5 Å². The van der Waals surface area contributed by atoms with Crippen LogP contribution in [-0.4, -0.2) is 35.9 Å². The average molecular weight is 297 g/mol. The van der Waals surface area contributed by atoms with Crippen molar-refractivity contribution in [3.63, 3.8) is 0 Å². The largest absolute Gasteiger partial charge is 0.371 e. The van der Waals surface area contributed by atoms with E-state index >= 15 is 0 Å². The van der Waals surface area contributed by atoms with Crippen molar-refractivity contribution >= 4 is 17.5 Å². The highest BCUT2D eigenvalue weighted by atomic mass is 16.2. The molecule has 2 amide bonds. The van der Waals surface area contributed by atoms with Crippen molar-refractivity contribution in [1.29, 1.82) is 0 Å². The molecule has 2 aromatic rings. The summed E-state index contributed by atoms with van der Waals surface area (Å²) >= 11 is 0. The molecule has 1 aliphatic heterocycles. The first-order valence-electron chi connectivity index (χ1n) is 7.44. The summed E-state index contributed by atoms with van der Waals surface area (Å²) < 4.78 is 0. The standard InChI is InChI=1S/C16H19N5O/c22-16(19-15-7-4-9-18-20-15)17-11-13-8-10-21(12-13)14-5-2-1-3-6-14/h1-7,9,13H,8,10-12H2,(H2,17,19,20,22)/t13-/m0/s1. The van der Waals surface area contributed by atoms with Gasteiger partial charge in [0, 0.05) is 31.5 Å². The Kier molecular flexibility index (Phi) is 4.48. The molecule has 6 nitrogen and oxygen atoms in total. The molecule has 0 bridgehead atoms. The number of nitrogens with zero attached hydrogens (tertiary/aromatic N) is 3. The van der Waals surface area contributed by atoms with Crippen molar-refractivity contribution in [3.8, 4) is 0 Å². The summed E-state index contributed by atoms with van der Waals surface area (Å²) in [6, 6.07) is 13.6. The minimum Gasteiger partial charge on any atom is -0.371 e. The Morgan fingerprint density at radius 2 is 2.09 bits per heavy atom. The van der Waals surface area contributed by atoms with E-state index in [0.717, 1.165) is 19.5 Å². The highest BCUT2D eigenvalue weighted by Crippen LogP contribution is 2.22. The van der Waals surface area contributed by atoms with Gasteiger partial charge in [0.2, 0.25) is 0 Å². The summed E-state index contributed by atoms with van der Waals surface area (Å²) in [5, 5.41) is 13.1. The molecule has 6 heteroatoms. The molecule has 1 aliphatic rings. The van der Waals surface area contributed by atoms with Crippen molar-refractivity contribution in [3.05, 3.63) is 48.7 Å². The summed E-state index contributed by atoms with van der Waals surface area (Å²) in [6.07, 6.45) is 2.65. The topological polar surface area (TPSA) is 70.2 Å². The van der Waals surface area contributed by atoms with E-state index in [1.807, 2.05) is 6.07 Å². The number of nitrogens with one attached hydrogen (secondary N) is 2. The van der Waals surface area contributed by atoms with E-state index in [4.69, 9.17) is 0 Å². The van der Waals surface area contributed by atoms with Gasteiger partial charge in [-0.2, -0.15) is 5.10 Å². The van der Waals surface area contributed by atoms with Crippen molar-refractivity contribution in [1.82, 2.24) is 15.5 Å². The molecule has 0 saturated carbocycles. The number of aromatic nitrogens is 2. The molecule has 0 spiro atoms. The summed E-state index contributed by atoms with van der Waals surface area (Å²) in [5.74, 6) is 0.921. The van der Waals surface area contributed by atoms with Crippen molar-refractivity contribution in [2.24, 2.45) is 5.92 Å². The molecule has 2 N–H and O–H groups in total. The average Bonchev–Trinajstić information content (AvgIpc) is 3.04. The van der Waals surface area contributed by atoms with Crippen LogP contribution in [0, 0.1) is 5.92 Å². The van der Waals surface area contributed by atoms with Gasteiger partial charge in [-0.25, -0.2) is 4.79 Å². The molecule has 0 radical (unpaired) electrons. The number of urea groups is 1. The van der Waals surface area contributed by atoms with Crippen LogP contribution in [0.4, 0.5) is 16.3 Å². The van der Waals surface area contributed by atoms with E-state index in [2.05, 4.69) is 50.0 Å². The van der Waals surface area contributed by atoms with Gasteiger partial charge < -0.3 is 10.2 Å². The van der Waals surface area contributed by atoms with Gasteiger partial charge in [-0.05, 0) is 36.6 Å². The zero-order chi connectivity index (χ0) is 15.2. The minimum absolute atomic E-state index is 0.237. The van der Waals surface area contributed by atoms with Gasteiger partial charge >= 0.3 is 6.03 Å². The van der Waals surface area contributed by atoms with Crippen molar-refractivity contribution < 1.29 is 4.79 Å². The third-order valence-electron chi connectivity index (χ3n) is 3.77. The number of benzene rings is 1. The Morgan fingerprint density at radius 3 is 2.86 bits per heavy atom. The maximum absolute atomic E-state index is 11.8. The van der Waals surface area contributed by atoms with Crippen LogP contribution in [0.2, 0.25) is 0 Å². The lowest BCUT2D eigenvalue weighted by atomic mass is 10.1. The van der Waals surface area contributed by atoms with Crippen LogP contribution in [0.1, 0.15) is 6.42 Å². The Hall–Kier alpha value is -2.63. The zero-order valence-corrected chi connectivity index (χ0v) is 12.3. The Balaban J connectivity index is 1.44. The molecule has 0 unspecified atom stereocenters. The van der Waals surface area contributed by atoms with Gasteiger partial charge in [-0.1, -0.05) is 18.2 Å². The molecular weight excluding hydrogens is 278 g/mol. The highest BCUT2D eigenvalue weighted by molar-refractivity contribution is 5.88. The van der Waals surface area contributed by atoms with Gasteiger partial charge in [-0.3, -0.25) is 5.32 Å². The summed E-state index contributed by atoms with van der Waals surface area (Å²) in [4.78, 5) is 14.2. The predicted octanol–water partition coefficient (Wildman–Crippen LogP) is 2.12. The maximum Gasteiger partial charge on any atom is 0.320 e. The number of para-hydroxylation sites is 1. The van der Waals surface area contributed by atoms with Gasteiger partial charge in [0.15, 0.2) is 5.82 Å². The molecule has 22 heavy (non-hydrogen) atoms. The third kappa shape index (κ3) is 3.72. The number of carbonyl (C=O) groups is 1. The van der Waals surface area contributed by atoms with E-state index in [1.54, 1.807) is 18.3 Å². The maximum atomic E-state index is 11.8. The minimum atomic E-state index is -0.237. The second-order valence-corrected chi connectivity index (χ2v) is 5.38. The van der Waals surface area contributed by atoms with Crippen LogP contribution in [0.3, 0.4) is 0 Å². The summed E-state index contributed by atoms with van der Waals surface area (Å²) in [7, 11) is 0. The molecule has 1 aromatic heterocycles. The quantitative estimate of drug-likeness (QED) is 0.907. The van der Waals surface area contributed by atoms with Crippen molar-refractivity contribution in [2.45, 2.75) is 6.42 Å². The lowest BCUT2D eigenvalue weighted by molar-refractivity contribution is 0.250. The van der Waals surface area contributed by atoms with E-state index < -0.39 is 0 Å². The first-order valence-corrected chi connectivity index (χ1v) is 7.44. The van der Waals surface area contributed by atoms with Crippen LogP contribution in [0.5, 0.6) is 0 Å². The molecule has 1 saturated heterocycles. The number of rotatable bonds is 4. The Morgan fingerprint density at radius 1 is 1.23 bits per heavy atom. The van der Waals surface area contributed by atoms with Crippen LogP contribution in [-0.2, 0) is 0 Å². The van der Waals surface area contributed by atoms with Crippen LogP contribution >= 0.6 is 0 Å². The number of amides is 2. The Labute approximate surface area is 129 Å². The molecule has 3 rings (SSSR count). The number of hydrogen-bond acceptors (Lipinski definition) is 4. The summed E-state index contributed by atoms with van der Waals surface area (Å²) in [5.41, 5.74) is 1.24. The van der Waals surface area contributed by atoms with Gasteiger partial charge in [-0.15, -0.1) is 5.10 Å². The van der Waals surface area contributed by atoms with E-state index in [-0.39, 0.29) is 6.03 Å². The second kappa shape index (κ2) is 6.89.